The van der Waals surface area contributed by atoms with E-state index in [9.17, 15) is 4.79 Å². The summed E-state index contributed by atoms with van der Waals surface area (Å²) in [6, 6.07) is 6.57. The monoisotopic (exact) mass is 208 g/mol. The van der Waals surface area contributed by atoms with E-state index < -0.39 is 0 Å². The predicted molar refractivity (Wildman–Crippen MR) is 57.7 cm³/mol. The Kier molecular flexibility index (Phi) is 4.68. The summed E-state index contributed by atoms with van der Waals surface area (Å²) in [5.41, 5.74) is 0.856. The average Bonchev–Trinajstić information content (AvgIpc) is 2.22. The van der Waals surface area contributed by atoms with Gasteiger partial charge in [0, 0.05) is 0 Å². The molecule has 1 rings (SSSR count). The molecule has 0 aliphatic rings. The van der Waals surface area contributed by atoms with Crippen LogP contribution in [0.25, 0.3) is 0 Å². The summed E-state index contributed by atoms with van der Waals surface area (Å²) < 4.78 is 5.02. The SMILES string of the molecule is CCCCOC(=O)Cc1ccc(O)cc1. The minimum atomic E-state index is -0.214. The third kappa shape index (κ3) is 4.49. The molecule has 1 aromatic carbocycles. The van der Waals surface area contributed by atoms with E-state index in [-0.39, 0.29) is 18.1 Å². The number of carbonyl (C=O) groups is 1. The van der Waals surface area contributed by atoms with Gasteiger partial charge in [-0.25, -0.2) is 0 Å². The maximum absolute atomic E-state index is 11.3. The van der Waals surface area contributed by atoms with Crippen LogP contribution in [0.15, 0.2) is 24.3 Å². The molecule has 82 valence electrons. The van der Waals surface area contributed by atoms with E-state index in [4.69, 9.17) is 9.84 Å². The smallest absolute Gasteiger partial charge is 0.310 e. The first-order chi connectivity index (χ1) is 7.22. The van der Waals surface area contributed by atoms with Crippen molar-refractivity contribution >= 4 is 5.97 Å². The van der Waals surface area contributed by atoms with Gasteiger partial charge in [-0.05, 0) is 24.1 Å². The summed E-state index contributed by atoms with van der Waals surface area (Å²) in [5.74, 6) is -0.00719. The summed E-state index contributed by atoms with van der Waals surface area (Å²) in [5, 5.41) is 9.05. The first-order valence-electron chi connectivity index (χ1n) is 5.16. The molecule has 0 bridgehead atoms. The minimum absolute atomic E-state index is 0.207. The highest BCUT2D eigenvalue weighted by Crippen LogP contribution is 2.10. The van der Waals surface area contributed by atoms with Crippen LogP contribution in [0.4, 0.5) is 0 Å². The first-order valence-corrected chi connectivity index (χ1v) is 5.16. The van der Waals surface area contributed by atoms with E-state index in [1.54, 1.807) is 24.3 Å². The molecule has 0 aliphatic heterocycles. The number of unbranched alkanes of at least 4 members (excludes halogenated alkanes) is 1. The first kappa shape index (κ1) is 11.6. The van der Waals surface area contributed by atoms with Gasteiger partial charge in [0.25, 0.3) is 0 Å². The lowest BCUT2D eigenvalue weighted by atomic mass is 10.1. The van der Waals surface area contributed by atoms with Crippen molar-refractivity contribution in [3.8, 4) is 5.75 Å². The number of carbonyl (C=O) groups excluding carboxylic acids is 1. The number of phenolic OH excluding ortho intramolecular Hbond substituents is 1. The standard InChI is InChI=1S/C12H16O3/c1-2-3-8-15-12(14)9-10-4-6-11(13)7-5-10/h4-7,13H,2-3,8-9H2,1H3. The van der Waals surface area contributed by atoms with Gasteiger partial charge in [0.15, 0.2) is 0 Å². The van der Waals surface area contributed by atoms with Crippen molar-refractivity contribution in [1.29, 1.82) is 0 Å². The number of benzene rings is 1. The van der Waals surface area contributed by atoms with Crippen molar-refractivity contribution in [2.75, 3.05) is 6.61 Å². The van der Waals surface area contributed by atoms with E-state index in [1.807, 2.05) is 6.92 Å². The van der Waals surface area contributed by atoms with Gasteiger partial charge in [-0.2, -0.15) is 0 Å². The third-order valence-electron chi connectivity index (χ3n) is 2.05. The molecule has 0 amide bonds. The van der Waals surface area contributed by atoms with Gasteiger partial charge in [0.1, 0.15) is 5.75 Å². The molecule has 1 aromatic rings. The van der Waals surface area contributed by atoms with Crippen molar-refractivity contribution in [2.24, 2.45) is 0 Å². The molecule has 0 aromatic heterocycles. The van der Waals surface area contributed by atoms with E-state index in [2.05, 4.69) is 0 Å². The Hall–Kier alpha value is -1.51. The number of rotatable bonds is 5. The van der Waals surface area contributed by atoms with Crippen molar-refractivity contribution in [3.63, 3.8) is 0 Å². The zero-order valence-corrected chi connectivity index (χ0v) is 8.90. The van der Waals surface area contributed by atoms with Crippen LogP contribution < -0.4 is 0 Å². The predicted octanol–water partition coefficient (Wildman–Crippen LogP) is 2.28. The van der Waals surface area contributed by atoms with Gasteiger partial charge in [-0.3, -0.25) is 4.79 Å². The summed E-state index contributed by atoms with van der Waals surface area (Å²) in [7, 11) is 0. The maximum atomic E-state index is 11.3. The Balaban J connectivity index is 2.34. The van der Waals surface area contributed by atoms with Gasteiger partial charge >= 0.3 is 5.97 Å². The van der Waals surface area contributed by atoms with Crippen LogP contribution in [0, 0.1) is 0 Å². The highest BCUT2D eigenvalue weighted by atomic mass is 16.5. The lowest BCUT2D eigenvalue weighted by Crippen LogP contribution is -2.08. The normalized spacial score (nSPS) is 9.93. The molecular formula is C12H16O3. The van der Waals surface area contributed by atoms with Gasteiger partial charge < -0.3 is 9.84 Å². The van der Waals surface area contributed by atoms with Crippen molar-refractivity contribution in [1.82, 2.24) is 0 Å². The molecule has 0 unspecified atom stereocenters. The Bertz CT molecular complexity index is 303. The quantitative estimate of drug-likeness (QED) is 0.596. The molecule has 0 aliphatic carbocycles. The Morgan fingerprint density at radius 3 is 2.60 bits per heavy atom. The molecule has 0 saturated heterocycles. The van der Waals surface area contributed by atoms with E-state index in [0.29, 0.717) is 6.61 Å². The van der Waals surface area contributed by atoms with E-state index in [0.717, 1.165) is 18.4 Å². The number of ether oxygens (including phenoxy) is 1. The second-order valence-electron chi connectivity index (χ2n) is 3.42. The topological polar surface area (TPSA) is 46.5 Å². The number of aromatic hydroxyl groups is 1. The zero-order valence-electron chi connectivity index (χ0n) is 8.90. The molecule has 0 radical (unpaired) electrons. The summed E-state index contributed by atoms with van der Waals surface area (Å²) in [6.45, 7) is 2.54. The van der Waals surface area contributed by atoms with Crippen LogP contribution in [-0.2, 0) is 16.0 Å². The maximum Gasteiger partial charge on any atom is 0.310 e. The van der Waals surface area contributed by atoms with Crippen LogP contribution >= 0.6 is 0 Å². The summed E-state index contributed by atoms with van der Waals surface area (Å²) in [4.78, 5) is 11.3. The molecule has 0 saturated carbocycles. The Labute approximate surface area is 89.7 Å². The molecule has 15 heavy (non-hydrogen) atoms. The molecule has 0 fully saturated rings. The molecular weight excluding hydrogens is 192 g/mol. The second-order valence-corrected chi connectivity index (χ2v) is 3.42. The summed E-state index contributed by atoms with van der Waals surface area (Å²) >= 11 is 0. The number of esters is 1. The van der Waals surface area contributed by atoms with Gasteiger partial charge in [-0.1, -0.05) is 25.5 Å². The highest BCUT2D eigenvalue weighted by molar-refractivity contribution is 5.72. The third-order valence-corrected chi connectivity index (χ3v) is 2.05. The molecule has 1 N–H and O–H groups in total. The fraction of sp³-hybridized carbons (Fsp3) is 0.417. The highest BCUT2D eigenvalue weighted by Gasteiger charge is 2.03. The Morgan fingerprint density at radius 1 is 1.33 bits per heavy atom. The zero-order chi connectivity index (χ0) is 11.1. The molecule has 3 nitrogen and oxygen atoms in total. The van der Waals surface area contributed by atoms with E-state index in [1.165, 1.54) is 0 Å². The van der Waals surface area contributed by atoms with Gasteiger partial charge in [0.2, 0.25) is 0 Å². The van der Waals surface area contributed by atoms with Crippen LogP contribution in [-0.4, -0.2) is 17.7 Å². The van der Waals surface area contributed by atoms with Crippen LogP contribution in [0.3, 0.4) is 0 Å². The van der Waals surface area contributed by atoms with Crippen molar-refractivity contribution in [2.45, 2.75) is 26.2 Å². The van der Waals surface area contributed by atoms with Crippen molar-refractivity contribution in [3.05, 3.63) is 29.8 Å². The lowest BCUT2D eigenvalue weighted by Gasteiger charge is -2.03. The summed E-state index contributed by atoms with van der Waals surface area (Å²) in [6.07, 6.45) is 2.19. The lowest BCUT2D eigenvalue weighted by molar-refractivity contribution is -0.142. The molecule has 3 heteroatoms. The molecule has 0 atom stereocenters. The number of phenols is 1. The fourth-order valence-electron chi connectivity index (χ4n) is 1.16. The van der Waals surface area contributed by atoms with Crippen molar-refractivity contribution < 1.29 is 14.6 Å². The van der Waals surface area contributed by atoms with Crippen LogP contribution in [0.1, 0.15) is 25.3 Å². The van der Waals surface area contributed by atoms with Gasteiger partial charge in [-0.15, -0.1) is 0 Å². The minimum Gasteiger partial charge on any atom is -0.508 e. The molecule has 0 spiro atoms. The van der Waals surface area contributed by atoms with Crippen LogP contribution in [0.5, 0.6) is 5.75 Å². The largest absolute Gasteiger partial charge is 0.508 e. The number of hydrogen-bond acceptors (Lipinski definition) is 3. The van der Waals surface area contributed by atoms with E-state index >= 15 is 0 Å². The fourth-order valence-corrected chi connectivity index (χ4v) is 1.16. The molecule has 0 heterocycles. The van der Waals surface area contributed by atoms with Crippen LogP contribution in [0.2, 0.25) is 0 Å². The second kappa shape index (κ2) is 6.06. The number of hydrogen-bond donors (Lipinski definition) is 1. The Morgan fingerprint density at radius 2 is 2.00 bits per heavy atom. The van der Waals surface area contributed by atoms with Gasteiger partial charge in [0.05, 0.1) is 13.0 Å². The average molecular weight is 208 g/mol.